The minimum atomic E-state index is -4.65. The Bertz CT molecular complexity index is 1220. The predicted molar refractivity (Wildman–Crippen MR) is 240 cm³/mol. The van der Waals surface area contributed by atoms with E-state index in [-0.39, 0.29) is 26.1 Å². The first-order chi connectivity index (χ1) is 28.0. The summed E-state index contributed by atoms with van der Waals surface area (Å²) in [6.07, 6.45) is 49.4. The van der Waals surface area contributed by atoms with Crippen molar-refractivity contribution in [1.82, 2.24) is 0 Å². The minimum absolute atomic E-state index is 0.0467. The molecular weight excluding hydrogens is 750 g/mol. The first-order valence-corrected chi connectivity index (χ1v) is 24.1. The van der Waals surface area contributed by atoms with Crippen LogP contribution in [0.4, 0.5) is 0 Å². The fraction of sp³-hybridized carbons (Fsp3) is 0.708. The number of hydrogen-bond acceptors (Lipinski definition) is 8. The van der Waals surface area contributed by atoms with Gasteiger partial charge in [-0.15, -0.1) is 0 Å². The molecule has 9 nitrogen and oxygen atoms in total. The van der Waals surface area contributed by atoms with Crippen LogP contribution in [0.25, 0.3) is 0 Å². The molecule has 10 heteroatoms. The second kappa shape index (κ2) is 39.9. The third kappa shape index (κ3) is 43.0. The van der Waals surface area contributed by atoms with Gasteiger partial charge >= 0.3 is 11.9 Å². The van der Waals surface area contributed by atoms with Crippen LogP contribution >= 0.6 is 7.82 Å². The highest BCUT2D eigenvalue weighted by Gasteiger charge is 2.21. The number of carbonyl (C=O) groups excluding carboxylic acids is 2. The van der Waals surface area contributed by atoms with E-state index in [0.717, 1.165) is 57.8 Å². The van der Waals surface area contributed by atoms with E-state index < -0.39 is 32.5 Å². The van der Waals surface area contributed by atoms with Crippen LogP contribution in [0, 0.1) is 0 Å². The standard InChI is InChI=1S/C48H84NO8P/c1-6-8-10-12-14-16-18-20-22-23-24-25-27-29-31-33-35-37-39-41-48(51)57-46(45-56-58(52,53)55-43-42-49(3,4)5)44-54-47(50)40-38-36-34-32-30-28-26-21-19-17-15-13-11-9-7-2/h8,10,14,16,20,22,24-25,29,31,35,37,46H,6-7,9,11-13,15,17-19,21,23,26-28,30,32-34,36,38-45H2,1-5H3/b10-8-,16-14-,22-20-,25-24-,31-29-,37-35-/t46-/m0/s1. The van der Waals surface area contributed by atoms with E-state index in [2.05, 4.69) is 74.6 Å². The smallest absolute Gasteiger partial charge is 0.306 e. The Morgan fingerprint density at radius 3 is 1.43 bits per heavy atom. The normalized spacial score (nSPS) is 14.2. The molecule has 0 aromatic rings. The molecule has 0 saturated heterocycles. The Balaban J connectivity index is 4.48. The number of hydrogen-bond donors (Lipinski definition) is 0. The maximum Gasteiger partial charge on any atom is 0.306 e. The SMILES string of the molecule is CC/C=C\C/C=C\C/C=C\C/C=C\C/C=C\C/C=C\CCC(=O)O[C@@H](COC(=O)CCCCCCCCCCCCCCCCC)COP(=O)([O-])OCC[N+](C)(C)C. The predicted octanol–water partition coefficient (Wildman–Crippen LogP) is 12.4. The van der Waals surface area contributed by atoms with Crippen LogP contribution in [0.1, 0.15) is 168 Å². The van der Waals surface area contributed by atoms with E-state index in [1.807, 2.05) is 33.3 Å². The first-order valence-electron chi connectivity index (χ1n) is 22.6. The Kier molecular flexibility index (Phi) is 38.1. The topological polar surface area (TPSA) is 111 Å². The number of phosphoric acid groups is 1. The number of ether oxygens (including phenoxy) is 2. The van der Waals surface area contributed by atoms with Gasteiger partial charge in [0.05, 0.1) is 27.7 Å². The monoisotopic (exact) mass is 834 g/mol. The molecule has 0 aliphatic rings. The molecule has 0 aromatic heterocycles. The van der Waals surface area contributed by atoms with Gasteiger partial charge in [0.25, 0.3) is 7.82 Å². The van der Waals surface area contributed by atoms with Crippen LogP contribution in [-0.4, -0.2) is 70.0 Å². The third-order valence-electron chi connectivity index (χ3n) is 9.25. The number of nitrogens with zero attached hydrogens (tertiary/aromatic N) is 1. The molecule has 0 fully saturated rings. The van der Waals surface area contributed by atoms with Crippen molar-refractivity contribution in [2.75, 3.05) is 47.5 Å². The van der Waals surface area contributed by atoms with Crippen LogP contribution in [-0.2, 0) is 32.7 Å². The van der Waals surface area contributed by atoms with Gasteiger partial charge in [0.1, 0.15) is 19.8 Å². The Labute approximate surface area is 355 Å². The maximum absolute atomic E-state index is 12.7. The molecule has 0 radical (unpaired) electrons. The van der Waals surface area contributed by atoms with Crippen LogP contribution < -0.4 is 4.89 Å². The molecule has 0 bridgehead atoms. The number of rotatable bonds is 40. The fourth-order valence-electron chi connectivity index (χ4n) is 5.74. The van der Waals surface area contributed by atoms with Gasteiger partial charge < -0.3 is 27.9 Å². The summed E-state index contributed by atoms with van der Waals surface area (Å²) in [5, 5.41) is 0. The summed E-state index contributed by atoms with van der Waals surface area (Å²) in [6.45, 7) is 4.02. The zero-order chi connectivity index (χ0) is 42.8. The summed E-state index contributed by atoms with van der Waals surface area (Å²) < 4.78 is 33.8. The summed E-state index contributed by atoms with van der Waals surface area (Å²) in [5.41, 5.74) is 0. The lowest BCUT2D eigenvalue weighted by molar-refractivity contribution is -0.870. The average Bonchev–Trinajstić information content (AvgIpc) is 3.17. The molecule has 2 atom stereocenters. The number of esters is 2. The summed E-state index contributed by atoms with van der Waals surface area (Å²) in [7, 11) is 1.11. The molecule has 0 aromatic carbocycles. The molecule has 0 aliphatic carbocycles. The Morgan fingerprint density at radius 2 is 0.983 bits per heavy atom. The average molecular weight is 834 g/mol. The lowest BCUT2D eigenvalue weighted by Crippen LogP contribution is -2.37. The lowest BCUT2D eigenvalue weighted by Gasteiger charge is -2.28. The molecule has 0 saturated carbocycles. The zero-order valence-electron chi connectivity index (χ0n) is 37.5. The number of quaternary nitrogens is 1. The van der Waals surface area contributed by atoms with E-state index >= 15 is 0 Å². The highest BCUT2D eigenvalue weighted by atomic mass is 31.2. The molecule has 334 valence electrons. The van der Waals surface area contributed by atoms with Crippen LogP contribution in [0.5, 0.6) is 0 Å². The first kappa shape index (κ1) is 55.5. The van der Waals surface area contributed by atoms with Crippen molar-refractivity contribution in [2.24, 2.45) is 0 Å². The number of phosphoric ester groups is 1. The van der Waals surface area contributed by atoms with Gasteiger partial charge in [0.15, 0.2) is 6.10 Å². The van der Waals surface area contributed by atoms with Gasteiger partial charge in [-0.1, -0.05) is 177 Å². The van der Waals surface area contributed by atoms with Crippen LogP contribution in [0.15, 0.2) is 72.9 Å². The van der Waals surface area contributed by atoms with Gasteiger partial charge in [-0.3, -0.25) is 14.2 Å². The summed E-state index contributed by atoms with van der Waals surface area (Å²) in [4.78, 5) is 37.5. The minimum Gasteiger partial charge on any atom is -0.756 e. The quantitative estimate of drug-likeness (QED) is 0.0197. The number of carbonyl (C=O) groups is 2. The summed E-state index contributed by atoms with van der Waals surface area (Å²) >= 11 is 0. The van der Waals surface area contributed by atoms with Crippen molar-refractivity contribution in [1.29, 1.82) is 0 Å². The molecule has 1 unspecified atom stereocenters. The Hall–Kier alpha value is -2.55. The molecular formula is C48H84NO8P. The molecule has 0 spiro atoms. The molecule has 0 amide bonds. The Morgan fingerprint density at radius 1 is 0.552 bits per heavy atom. The van der Waals surface area contributed by atoms with Gasteiger partial charge in [0.2, 0.25) is 0 Å². The number of unbranched alkanes of at least 4 members (excludes halogenated alkanes) is 14. The summed E-state index contributed by atoms with van der Waals surface area (Å²) in [6, 6.07) is 0. The van der Waals surface area contributed by atoms with Crippen molar-refractivity contribution >= 4 is 19.8 Å². The second-order valence-corrected chi connectivity index (χ2v) is 17.4. The van der Waals surface area contributed by atoms with Crippen LogP contribution in [0.2, 0.25) is 0 Å². The van der Waals surface area contributed by atoms with E-state index in [4.69, 9.17) is 18.5 Å². The summed E-state index contributed by atoms with van der Waals surface area (Å²) in [5.74, 6) is -0.934. The van der Waals surface area contributed by atoms with E-state index in [9.17, 15) is 19.0 Å². The van der Waals surface area contributed by atoms with Crippen molar-refractivity contribution in [2.45, 2.75) is 174 Å². The third-order valence-corrected chi connectivity index (χ3v) is 10.2. The molecule has 0 rings (SSSR count). The van der Waals surface area contributed by atoms with Crippen molar-refractivity contribution in [3.63, 3.8) is 0 Å². The van der Waals surface area contributed by atoms with Crippen LogP contribution in [0.3, 0.4) is 0 Å². The van der Waals surface area contributed by atoms with Crippen molar-refractivity contribution in [3.05, 3.63) is 72.9 Å². The highest BCUT2D eigenvalue weighted by molar-refractivity contribution is 7.45. The van der Waals surface area contributed by atoms with Crippen molar-refractivity contribution < 1.29 is 42.1 Å². The zero-order valence-corrected chi connectivity index (χ0v) is 38.4. The highest BCUT2D eigenvalue weighted by Crippen LogP contribution is 2.38. The largest absolute Gasteiger partial charge is 0.756 e. The van der Waals surface area contributed by atoms with Gasteiger partial charge in [-0.25, -0.2) is 0 Å². The van der Waals surface area contributed by atoms with Gasteiger partial charge in [-0.2, -0.15) is 0 Å². The molecule has 58 heavy (non-hydrogen) atoms. The van der Waals surface area contributed by atoms with E-state index in [1.165, 1.54) is 77.0 Å². The molecule has 0 aliphatic heterocycles. The number of allylic oxidation sites excluding steroid dienone is 12. The van der Waals surface area contributed by atoms with Crippen molar-refractivity contribution in [3.8, 4) is 0 Å². The lowest BCUT2D eigenvalue weighted by atomic mass is 10.0. The molecule has 0 N–H and O–H groups in total. The second-order valence-electron chi connectivity index (χ2n) is 16.0. The fourth-order valence-corrected chi connectivity index (χ4v) is 6.47. The van der Waals surface area contributed by atoms with E-state index in [0.29, 0.717) is 17.4 Å². The number of likely N-dealkylation sites (N-methyl/N-ethyl adjacent to an activating group) is 1. The van der Waals surface area contributed by atoms with Gasteiger partial charge in [0, 0.05) is 12.8 Å². The van der Waals surface area contributed by atoms with E-state index in [1.54, 1.807) is 0 Å². The molecule has 0 heterocycles. The van der Waals surface area contributed by atoms with Gasteiger partial charge in [-0.05, 0) is 51.4 Å². The maximum atomic E-state index is 12.7.